The molecule has 1 heterocycles. The van der Waals surface area contributed by atoms with Crippen LogP contribution in [0.5, 0.6) is 0 Å². The van der Waals surface area contributed by atoms with E-state index in [0.29, 0.717) is 13.1 Å². The number of carbonyl (C=O) groups excluding carboxylic acids is 1. The molecule has 2 atom stereocenters. The van der Waals surface area contributed by atoms with Gasteiger partial charge in [0, 0.05) is 25.2 Å². The van der Waals surface area contributed by atoms with Gasteiger partial charge in [-0.1, -0.05) is 6.07 Å². The van der Waals surface area contributed by atoms with Gasteiger partial charge in [-0.25, -0.2) is 8.78 Å². The van der Waals surface area contributed by atoms with Gasteiger partial charge >= 0.3 is 0 Å². The molecule has 19 heavy (non-hydrogen) atoms. The minimum atomic E-state index is -1.07. The van der Waals surface area contributed by atoms with E-state index in [1.807, 2.05) is 13.8 Å². The molecule has 1 aromatic carbocycles. The molecule has 1 fully saturated rings. The predicted molar refractivity (Wildman–Crippen MR) is 71.6 cm³/mol. The maximum atomic E-state index is 13.6. The molecular weight excluding hydrogens is 274 g/mol. The Morgan fingerprint density at radius 1 is 1.26 bits per heavy atom. The lowest BCUT2D eigenvalue weighted by molar-refractivity contribution is 0.0668. The maximum Gasteiger partial charge on any atom is 0.257 e. The number of amides is 1. The average molecular weight is 291 g/mol. The Hall–Kier alpha value is -1.20. The highest BCUT2D eigenvalue weighted by atomic mass is 35.5. The number of nitrogens with one attached hydrogen (secondary N) is 1. The van der Waals surface area contributed by atoms with Crippen molar-refractivity contribution >= 4 is 18.3 Å². The summed E-state index contributed by atoms with van der Waals surface area (Å²) >= 11 is 0. The number of halogens is 3. The number of hydrogen-bond acceptors (Lipinski definition) is 2. The summed E-state index contributed by atoms with van der Waals surface area (Å²) < 4.78 is 26.7. The number of carbonyl (C=O) groups is 1. The van der Waals surface area contributed by atoms with Gasteiger partial charge in [0.15, 0.2) is 11.6 Å². The molecule has 0 aromatic heterocycles. The van der Waals surface area contributed by atoms with E-state index in [-0.39, 0.29) is 30.1 Å². The molecule has 1 aromatic rings. The van der Waals surface area contributed by atoms with Crippen LogP contribution in [0.2, 0.25) is 0 Å². The molecule has 1 aliphatic heterocycles. The summed E-state index contributed by atoms with van der Waals surface area (Å²) in [6.07, 6.45) is 0. The number of hydrogen-bond donors (Lipinski definition) is 1. The lowest BCUT2D eigenvalue weighted by atomic mass is 10.1. The lowest BCUT2D eigenvalue weighted by Crippen LogP contribution is -2.55. The molecular formula is C13H17ClF2N2O. The van der Waals surface area contributed by atoms with Crippen LogP contribution in [0.3, 0.4) is 0 Å². The fraction of sp³-hybridized carbons (Fsp3) is 0.462. The Balaban J connectivity index is 0.00000180. The predicted octanol–water partition coefficient (Wildman–Crippen LogP) is 2.21. The minimum Gasteiger partial charge on any atom is -0.335 e. The van der Waals surface area contributed by atoms with E-state index >= 15 is 0 Å². The summed E-state index contributed by atoms with van der Waals surface area (Å²) in [6, 6.07) is 3.97. The Morgan fingerprint density at radius 2 is 1.84 bits per heavy atom. The third kappa shape index (κ3) is 3.42. The molecule has 106 valence electrons. The number of benzene rings is 1. The van der Waals surface area contributed by atoms with E-state index in [0.717, 1.165) is 6.07 Å². The van der Waals surface area contributed by atoms with Crippen LogP contribution in [-0.2, 0) is 0 Å². The van der Waals surface area contributed by atoms with Gasteiger partial charge in [0.05, 0.1) is 5.56 Å². The molecule has 2 rings (SSSR count). The van der Waals surface area contributed by atoms with E-state index < -0.39 is 17.5 Å². The van der Waals surface area contributed by atoms with Crippen molar-refractivity contribution in [3.8, 4) is 0 Å². The first-order chi connectivity index (χ1) is 8.49. The number of nitrogens with zero attached hydrogens (tertiary/aromatic N) is 1. The average Bonchev–Trinajstić information content (AvgIpc) is 2.30. The zero-order valence-corrected chi connectivity index (χ0v) is 11.6. The third-order valence-electron chi connectivity index (χ3n) is 3.03. The highest BCUT2D eigenvalue weighted by molar-refractivity contribution is 5.94. The molecule has 1 aliphatic rings. The summed E-state index contributed by atoms with van der Waals surface area (Å²) in [5, 5.41) is 3.28. The van der Waals surface area contributed by atoms with Crippen LogP contribution in [0, 0.1) is 11.6 Å². The highest BCUT2D eigenvalue weighted by Crippen LogP contribution is 2.15. The zero-order valence-electron chi connectivity index (χ0n) is 10.8. The second kappa shape index (κ2) is 6.30. The van der Waals surface area contributed by atoms with Crippen LogP contribution in [0.25, 0.3) is 0 Å². The quantitative estimate of drug-likeness (QED) is 0.860. The van der Waals surface area contributed by atoms with Gasteiger partial charge in [0.2, 0.25) is 0 Å². The first-order valence-electron chi connectivity index (χ1n) is 5.98. The molecule has 0 saturated carbocycles. The maximum absolute atomic E-state index is 13.6. The largest absolute Gasteiger partial charge is 0.335 e. The van der Waals surface area contributed by atoms with Gasteiger partial charge in [0.25, 0.3) is 5.91 Å². The van der Waals surface area contributed by atoms with E-state index in [4.69, 9.17) is 0 Å². The highest BCUT2D eigenvalue weighted by Gasteiger charge is 2.27. The van der Waals surface area contributed by atoms with Crippen LogP contribution in [0.1, 0.15) is 24.2 Å². The van der Waals surface area contributed by atoms with Crippen molar-refractivity contribution in [3.05, 3.63) is 35.4 Å². The van der Waals surface area contributed by atoms with E-state index in [2.05, 4.69) is 5.32 Å². The van der Waals surface area contributed by atoms with Crippen LogP contribution in [0.4, 0.5) is 8.78 Å². The van der Waals surface area contributed by atoms with E-state index in [9.17, 15) is 13.6 Å². The Kier molecular flexibility index (Phi) is 5.26. The molecule has 3 nitrogen and oxygen atoms in total. The first kappa shape index (κ1) is 15.9. The van der Waals surface area contributed by atoms with Crippen LogP contribution in [-0.4, -0.2) is 36.0 Å². The van der Waals surface area contributed by atoms with Crippen LogP contribution < -0.4 is 5.32 Å². The fourth-order valence-corrected chi connectivity index (χ4v) is 2.33. The normalized spacial score (nSPS) is 22.8. The summed E-state index contributed by atoms with van der Waals surface area (Å²) in [7, 11) is 0. The SMILES string of the molecule is CC1CN(C(=O)c2cccc(F)c2F)CC(C)N1.Cl. The second-order valence-corrected chi connectivity index (χ2v) is 4.78. The van der Waals surface area contributed by atoms with Crippen LogP contribution in [0.15, 0.2) is 18.2 Å². The summed E-state index contributed by atoms with van der Waals surface area (Å²) in [5.41, 5.74) is -0.198. The van der Waals surface area contributed by atoms with Crippen molar-refractivity contribution in [3.63, 3.8) is 0 Å². The van der Waals surface area contributed by atoms with Crippen molar-refractivity contribution in [2.45, 2.75) is 25.9 Å². The third-order valence-corrected chi connectivity index (χ3v) is 3.03. The molecule has 1 N–H and O–H groups in total. The monoisotopic (exact) mass is 290 g/mol. The Bertz CT molecular complexity index is 460. The fourth-order valence-electron chi connectivity index (χ4n) is 2.33. The molecule has 0 spiro atoms. The first-order valence-corrected chi connectivity index (χ1v) is 5.98. The van der Waals surface area contributed by atoms with E-state index in [1.165, 1.54) is 12.1 Å². The van der Waals surface area contributed by atoms with Crippen molar-refractivity contribution in [1.82, 2.24) is 10.2 Å². The molecule has 1 amide bonds. The van der Waals surface area contributed by atoms with Gasteiger partial charge in [-0.05, 0) is 26.0 Å². The second-order valence-electron chi connectivity index (χ2n) is 4.78. The Morgan fingerprint density at radius 3 is 2.42 bits per heavy atom. The van der Waals surface area contributed by atoms with Crippen molar-refractivity contribution < 1.29 is 13.6 Å². The molecule has 2 unspecified atom stereocenters. The molecule has 0 radical (unpaired) electrons. The molecule has 0 aliphatic carbocycles. The van der Waals surface area contributed by atoms with Crippen molar-refractivity contribution in [1.29, 1.82) is 0 Å². The smallest absolute Gasteiger partial charge is 0.257 e. The summed E-state index contributed by atoms with van der Waals surface area (Å²) in [4.78, 5) is 13.7. The van der Waals surface area contributed by atoms with Gasteiger partial charge in [-0.2, -0.15) is 0 Å². The summed E-state index contributed by atoms with van der Waals surface area (Å²) in [5.74, 6) is -2.51. The molecule has 1 saturated heterocycles. The minimum absolute atomic E-state index is 0. The van der Waals surface area contributed by atoms with Gasteiger partial charge < -0.3 is 10.2 Å². The Labute approximate surface area is 117 Å². The van der Waals surface area contributed by atoms with Gasteiger partial charge in [-0.15, -0.1) is 12.4 Å². The zero-order chi connectivity index (χ0) is 13.3. The number of piperazine rings is 1. The van der Waals surface area contributed by atoms with Gasteiger partial charge in [0.1, 0.15) is 0 Å². The van der Waals surface area contributed by atoms with Gasteiger partial charge in [-0.3, -0.25) is 4.79 Å². The lowest BCUT2D eigenvalue weighted by Gasteiger charge is -2.36. The summed E-state index contributed by atoms with van der Waals surface area (Å²) in [6.45, 7) is 4.91. The van der Waals surface area contributed by atoms with Crippen molar-refractivity contribution in [2.24, 2.45) is 0 Å². The topological polar surface area (TPSA) is 32.3 Å². The molecule has 0 bridgehead atoms. The molecule has 6 heteroatoms. The van der Waals surface area contributed by atoms with E-state index in [1.54, 1.807) is 4.90 Å². The van der Waals surface area contributed by atoms with Crippen molar-refractivity contribution in [2.75, 3.05) is 13.1 Å². The number of rotatable bonds is 1. The standard InChI is InChI=1S/C13H16F2N2O.ClH/c1-8-6-17(7-9(2)16-8)13(18)10-4-3-5-11(14)12(10)15;/h3-5,8-9,16H,6-7H2,1-2H3;1H. The van der Waals surface area contributed by atoms with Crippen LogP contribution >= 0.6 is 12.4 Å².